The predicted molar refractivity (Wildman–Crippen MR) is 57.3 cm³/mol. The lowest BCUT2D eigenvalue weighted by Gasteiger charge is -2.16. The number of carbonyl (C=O) groups excluding carboxylic acids is 2. The van der Waals surface area contributed by atoms with Crippen LogP contribution in [0.4, 0.5) is 0 Å². The number of likely N-dealkylation sites (N-methyl/N-ethyl adjacent to an activating group) is 1. The van der Waals surface area contributed by atoms with Crippen molar-refractivity contribution in [3.8, 4) is 0 Å². The van der Waals surface area contributed by atoms with Crippen LogP contribution in [0.1, 0.15) is 19.8 Å². The van der Waals surface area contributed by atoms with Gasteiger partial charge in [0.1, 0.15) is 0 Å². The van der Waals surface area contributed by atoms with Crippen molar-refractivity contribution in [1.29, 1.82) is 0 Å². The minimum Gasteiger partial charge on any atom is -0.346 e. The molecular formula is C10H19N3O2. The Morgan fingerprint density at radius 1 is 1.53 bits per heavy atom. The van der Waals surface area contributed by atoms with Crippen molar-refractivity contribution in [2.45, 2.75) is 25.8 Å². The van der Waals surface area contributed by atoms with Crippen LogP contribution < -0.4 is 10.6 Å². The van der Waals surface area contributed by atoms with Gasteiger partial charge in [0, 0.05) is 13.6 Å². The first kappa shape index (κ1) is 12.0. The maximum absolute atomic E-state index is 11.5. The van der Waals surface area contributed by atoms with Crippen molar-refractivity contribution < 1.29 is 9.59 Å². The van der Waals surface area contributed by atoms with Crippen molar-refractivity contribution >= 4 is 11.8 Å². The topological polar surface area (TPSA) is 61.4 Å². The molecule has 2 amide bonds. The van der Waals surface area contributed by atoms with Crippen molar-refractivity contribution in [3.63, 3.8) is 0 Å². The lowest BCUT2D eigenvalue weighted by molar-refractivity contribution is -0.132. The number of carbonyl (C=O) groups is 2. The molecule has 1 rings (SSSR count). The summed E-state index contributed by atoms with van der Waals surface area (Å²) < 4.78 is 0. The Kier molecular flexibility index (Phi) is 4.55. The van der Waals surface area contributed by atoms with E-state index in [1.165, 1.54) is 0 Å². The Bertz CT molecular complexity index is 237. The lowest BCUT2D eigenvalue weighted by Crippen LogP contribution is -2.45. The van der Waals surface area contributed by atoms with Crippen molar-refractivity contribution in [2.75, 3.05) is 26.7 Å². The summed E-state index contributed by atoms with van der Waals surface area (Å²) in [6.07, 6.45) is 1.89. The van der Waals surface area contributed by atoms with E-state index in [9.17, 15) is 9.59 Å². The quantitative estimate of drug-likeness (QED) is 0.651. The molecule has 86 valence electrons. The van der Waals surface area contributed by atoms with Crippen LogP contribution in [0.25, 0.3) is 0 Å². The molecule has 1 heterocycles. The maximum atomic E-state index is 11.5. The summed E-state index contributed by atoms with van der Waals surface area (Å²) in [6, 6.07) is -0.107. The molecule has 2 N–H and O–H groups in total. The van der Waals surface area contributed by atoms with E-state index in [1.807, 2.05) is 6.92 Å². The normalized spacial score (nSPS) is 20.0. The molecule has 5 heteroatoms. The van der Waals surface area contributed by atoms with Gasteiger partial charge in [0.05, 0.1) is 12.6 Å². The summed E-state index contributed by atoms with van der Waals surface area (Å²) in [5.41, 5.74) is 0. The number of rotatable bonds is 4. The molecule has 0 saturated carbocycles. The van der Waals surface area contributed by atoms with Gasteiger partial charge in [-0.15, -0.1) is 0 Å². The summed E-state index contributed by atoms with van der Waals surface area (Å²) in [4.78, 5) is 24.5. The van der Waals surface area contributed by atoms with E-state index in [0.29, 0.717) is 6.54 Å². The molecule has 0 aromatic carbocycles. The Morgan fingerprint density at radius 2 is 2.27 bits per heavy atom. The molecule has 0 aliphatic carbocycles. The third kappa shape index (κ3) is 3.51. The van der Waals surface area contributed by atoms with Gasteiger partial charge in [-0.2, -0.15) is 0 Å². The molecule has 1 aliphatic rings. The van der Waals surface area contributed by atoms with E-state index < -0.39 is 0 Å². The van der Waals surface area contributed by atoms with Gasteiger partial charge in [0.15, 0.2) is 0 Å². The second kappa shape index (κ2) is 5.70. The molecule has 0 unspecified atom stereocenters. The van der Waals surface area contributed by atoms with E-state index in [0.717, 1.165) is 19.4 Å². The zero-order valence-electron chi connectivity index (χ0n) is 9.38. The van der Waals surface area contributed by atoms with E-state index in [-0.39, 0.29) is 24.4 Å². The van der Waals surface area contributed by atoms with Crippen LogP contribution in [0.2, 0.25) is 0 Å². The van der Waals surface area contributed by atoms with Crippen LogP contribution in [-0.4, -0.2) is 49.4 Å². The smallest absolute Gasteiger partial charge is 0.241 e. The van der Waals surface area contributed by atoms with Gasteiger partial charge in [0.25, 0.3) is 0 Å². The van der Waals surface area contributed by atoms with Crippen LogP contribution in [0.15, 0.2) is 0 Å². The first-order chi connectivity index (χ1) is 7.15. The minimum atomic E-state index is -0.107. The summed E-state index contributed by atoms with van der Waals surface area (Å²) in [5, 5.41) is 5.73. The Morgan fingerprint density at radius 3 is 2.80 bits per heavy atom. The molecule has 1 saturated heterocycles. The molecule has 0 aromatic rings. The van der Waals surface area contributed by atoms with E-state index >= 15 is 0 Å². The predicted octanol–water partition coefficient (Wildman–Crippen LogP) is -0.667. The van der Waals surface area contributed by atoms with Gasteiger partial charge in [-0.05, 0) is 26.3 Å². The largest absolute Gasteiger partial charge is 0.346 e. The van der Waals surface area contributed by atoms with Crippen LogP contribution in [0, 0.1) is 0 Å². The highest BCUT2D eigenvalue weighted by Crippen LogP contribution is 2.04. The number of nitrogens with zero attached hydrogens (tertiary/aromatic N) is 1. The van der Waals surface area contributed by atoms with Gasteiger partial charge in [-0.1, -0.05) is 0 Å². The van der Waals surface area contributed by atoms with Gasteiger partial charge in [-0.3, -0.25) is 9.59 Å². The first-order valence-electron chi connectivity index (χ1n) is 5.40. The fourth-order valence-electron chi connectivity index (χ4n) is 1.51. The van der Waals surface area contributed by atoms with E-state index in [2.05, 4.69) is 10.6 Å². The summed E-state index contributed by atoms with van der Waals surface area (Å²) in [7, 11) is 1.72. The molecule has 1 fully saturated rings. The second-order valence-corrected chi connectivity index (χ2v) is 3.77. The monoisotopic (exact) mass is 213 g/mol. The summed E-state index contributed by atoms with van der Waals surface area (Å²) in [5.74, 6) is -0.116. The highest BCUT2D eigenvalue weighted by Gasteiger charge is 2.22. The lowest BCUT2D eigenvalue weighted by atomic mass is 10.2. The van der Waals surface area contributed by atoms with E-state index in [1.54, 1.807) is 11.9 Å². The molecule has 1 aliphatic heterocycles. The third-order valence-corrected chi connectivity index (χ3v) is 2.69. The Hall–Kier alpha value is -1.10. The highest BCUT2D eigenvalue weighted by molar-refractivity contribution is 5.87. The highest BCUT2D eigenvalue weighted by atomic mass is 16.2. The average molecular weight is 213 g/mol. The zero-order chi connectivity index (χ0) is 11.3. The fourth-order valence-corrected chi connectivity index (χ4v) is 1.51. The van der Waals surface area contributed by atoms with Crippen LogP contribution in [-0.2, 0) is 9.59 Å². The molecular weight excluding hydrogens is 194 g/mol. The Balaban J connectivity index is 2.24. The molecule has 5 nitrogen and oxygen atoms in total. The summed E-state index contributed by atoms with van der Waals surface area (Å²) in [6.45, 7) is 3.55. The zero-order valence-corrected chi connectivity index (χ0v) is 9.38. The minimum absolute atomic E-state index is 0.0520. The van der Waals surface area contributed by atoms with Crippen molar-refractivity contribution in [2.24, 2.45) is 0 Å². The molecule has 15 heavy (non-hydrogen) atoms. The van der Waals surface area contributed by atoms with Crippen LogP contribution >= 0.6 is 0 Å². The second-order valence-electron chi connectivity index (χ2n) is 3.77. The third-order valence-electron chi connectivity index (χ3n) is 2.69. The molecule has 0 bridgehead atoms. The van der Waals surface area contributed by atoms with Crippen molar-refractivity contribution in [3.05, 3.63) is 0 Å². The molecule has 0 radical (unpaired) electrons. The van der Waals surface area contributed by atoms with Crippen LogP contribution in [0.3, 0.4) is 0 Å². The number of amides is 2. The number of hydrogen-bond acceptors (Lipinski definition) is 3. The molecule has 0 spiro atoms. The molecule has 0 aromatic heterocycles. The first-order valence-corrected chi connectivity index (χ1v) is 5.40. The molecule has 1 atom stereocenters. The van der Waals surface area contributed by atoms with Gasteiger partial charge < -0.3 is 15.5 Å². The standard InChI is InChI=1S/C10H19N3O2/c1-3-13(2)9(14)7-12-10(15)8-5-4-6-11-8/h8,11H,3-7H2,1-2H3,(H,12,15)/t8-/m0/s1. The van der Waals surface area contributed by atoms with Gasteiger partial charge in [-0.25, -0.2) is 0 Å². The van der Waals surface area contributed by atoms with Crippen molar-refractivity contribution in [1.82, 2.24) is 15.5 Å². The number of hydrogen-bond donors (Lipinski definition) is 2. The summed E-state index contributed by atoms with van der Waals surface area (Å²) >= 11 is 0. The average Bonchev–Trinajstić information content (AvgIpc) is 2.77. The Labute approximate surface area is 90.2 Å². The number of nitrogens with one attached hydrogen (secondary N) is 2. The van der Waals surface area contributed by atoms with Gasteiger partial charge in [0.2, 0.25) is 11.8 Å². The fraction of sp³-hybridized carbons (Fsp3) is 0.800. The van der Waals surface area contributed by atoms with Crippen LogP contribution in [0.5, 0.6) is 0 Å². The SMILES string of the molecule is CCN(C)C(=O)CNC(=O)[C@@H]1CCCN1. The van der Waals surface area contributed by atoms with Gasteiger partial charge >= 0.3 is 0 Å². The van der Waals surface area contributed by atoms with E-state index in [4.69, 9.17) is 0 Å². The maximum Gasteiger partial charge on any atom is 0.241 e.